The zero-order valence-corrected chi connectivity index (χ0v) is 20.1. The van der Waals surface area contributed by atoms with Crippen molar-refractivity contribution in [3.8, 4) is 0 Å². The number of carbonyl (C=O) groups is 2. The lowest BCUT2D eigenvalue weighted by molar-refractivity contribution is -0.166. The van der Waals surface area contributed by atoms with Gasteiger partial charge in [-0.2, -0.15) is 0 Å². The maximum atomic E-state index is 14.1. The van der Waals surface area contributed by atoms with Gasteiger partial charge in [-0.25, -0.2) is 0 Å². The molecule has 4 aromatic rings. The van der Waals surface area contributed by atoms with Crippen LogP contribution in [0.5, 0.6) is 0 Å². The molecule has 35 heavy (non-hydrogen) atoms. The van der Waals surface area contributed by atoms with Crippen LogP contribution < -0.4 is 0 Å². The van der Waals surface area contributed by atoms with Crippen LogP contribution in [0, 0.1) is 0 Å². The summed E-state index contributed by atoms with van der Waals surface area (Å²) in [6.07, 6.45) is 0.984. The van der Waals surface area contributed by atoms with Gasteiger partial charge in [0.25, 0.3) is 5.91 Å². The number of aromatic nitrogens is 1. The van der Waals surface area contributed by atoms with E-state index in [1.165, 1.54) is 11.1 Å². The molecule has 1 N–H and O–H groups in total. The van der Waals surface area contributed by atoms with Crippen molar-refractivity contribution in [1.82, 2.24) is 14.8 Å². The van der Waals surface area contributed by atoms with Crippen molar-refractivity contribution in [1.29, 1.82) is 0 Å². The maximum Gasteiger partial charge on any atom is 0.255 e. The number of hydrogen-bond acceptors (Lipinski definition) is 2. The van der Waals surface area contributed by atoms with Gasteiger partial charge in [0.2, 0.25) is 5.91 Å². The molecule has 1 unspecified atom stereocenters. The van der Waals surface area contributed by atoms with Gasteiger partial charge < -0.3 is 14.8 Å². The monoisotopic (exact) mass is 463 g/mol. The summed E-state index contributed by atoms with van der Waals surface area (Å²) < 4.78 is 0. The van der Waals surface area contributed by atoms with E-state index in [1.807, 2.05) is 54.3 Å². The number of nitrogens with one attached hydrogen (secondary N) is 1. The summed E-state index contributed by atoms with van der Waals surface area (Å²) in [7, 11) is 0. The topological polar surface area (TPSA) is 56.4 Å². The molecule has 3 heterocycles. The molecular formula is C30H29N3O2. The largest absolute Gasteiger partial charge is 0.356 e. The van der Waals surface area contributed by atoms with E-state index in [9.17, 15) is 9.59 Å². The third-order valence-corrected chi connectivity index (χ3v) is 7.82. The van der Waals surface area contributed by atoms with E-state index in [2.05, 4.69) is 48.3 Å². The van der Waals surface area contributed by atoms with Gasteiger partial charge in [0.1, 0.15) is 6.54 Å². The zero-order valence-electron chi connectivity index (χ0n) is 20.1. The predicted octanol–water partition coefficient (Wildman–Crippen LogP) is 4.96. The van der Waals surface area contributed by atoms with Crippen LogP contribution in [-0.2, 0) is 28.1 Å². The number of aromatic amines is 1. The van der Waals surface area contributed by atoms with Gasteiger partial charge in [-0.3, -0.25) is 9.59 Å². The Bertz CT molecular complexity index is 1420. The number of carbonyl (C=O) groups excluding carboxylic acids is 2. The van der Waals surface area contributed by atoms with Crippen molar-refractivity contribution in [2.45, 2.75) is 38.3 Å². The Balaban J connectivity index is 1.50. The van der Waals surface area contributed by atoms with Crippen molar-refractivity contribution < 1.29 is 9.59 Å². The highest BCUT2D eigenvalue weighted by molar-refractivity contribution is 6.01. The minimum atomic E-state index is -1.07. The molecule has 0 aliphatic carbocycles. The Morgan fingerprint density at radius 1 is 0.914 bits per heavy atom. The van der Waals surface area contributed by atoms with Crippen LogP contribution in [0.1, 0.15) is 47.7 Å². The fourth-order valence-corrected chi connectivity index (χ4v) is 5.89. The summed E-state index contributed by atoms with van der Waals surface area (Å²) in [6.45, 7) is 5.07. The lowest BCUT2D eigenvalue weighted by atomic mass is 9.76. The molecule has 1 saturated heterocycles. The van der Waals surface area contributed by atoms with Crippen molar-refractivity contribution in [2.75, 3.05) is 13.1 Å². The van der Waals surface area contributed by atoms with Crippen LogP contribution in [0.25, 0.3) is 10.9 Å². The maximum absolute atomic E-state index is 14.1. The number of nitrogens with zero attached hydrogens (tertiary/aromatic N) is 2. The van der Waals surface area contributed by atoms with E-state index in [1.54, 1.807) is 4.90 Å². The number of para-hydroxylation sites is 1. The number of hydrogen-bond donors (Lipinski definition) is 1. The Morgan fingerprint density at radius 2 is 1.63 bits per heavy atom. The summed E-state index contributed by atoms with van der Waals surface area (Å²) in [5.41, 5.74) is 5.37. The van der Waals surface area contributed by atoms with E-state index in [-0.39, 0.29) is 24.3 Å². The second-order valence-electron chi connectivity index (χ2n) is 9.83. The molecule has 2 aliphatic heterocycles. The Hall–Kier alpha value is -3.86. The highest BCUT2D eigenvalue weighted by atomic mass is 16.2. The fraction of sp³-hybridized carbons (Fsp3) is 0.267. The quantitative estimate of drug-likeness (QED) is 0.465. The molecule has 5 nitrogen and oxygen atoms in total. The van der Waals surface area contributed by atoms with Gasteiger partial charge in [0.15, 0.2) is 5.54 Å². The fourth-order valence-electron chi connectivity index (χ4n) is 5.89. The first-order valence-electron chi connectivity index (χ1n) is 12.3. The highest BCUT2D eigenvalue weighted by Gasteiger charge is 2.56. The van der Waals surface area contributed by atoms with E-state index >= 15 is 0 Å². The summed E-state index contributed by atoms with van der Waals surface area (Å²) in [5, 5.41) is 1.12. The van der Waals surface area contributed by atoms with Crippen LogP contribution in [0.2, 0.25) is 0 Å². The smallest absolute Gasteiger partial charge is 0.255 e. The van der Waals surface area contributed by atoms with Crippen molar-refractivity contribution >= 4 is 22.7 Å². The molecule has 5 heteroatoms. The van der Waals surface area contributed by atoms with Gasteiger partial charge in [0.05, 0.1) is 5.69 Å². The Labute approximate surface area is 205 Å². The predicted molar refractivity (Wildman–Crippen MR) is 137 cm³/mol. The van der Waals surface area contributed by atoms with Crippen LogP contribution in [0.15, 0.2) is 78.9 Å². The molecule has 2 atom stereocenters. The minimum Gasteiger partial charge on any atom is -0.356 e. The first-order valence-corrected chi connectivity index (χ1v) is 12.3. The number of benzene rings is 3. The van der Waals surface area contributed by atoms with Gasteiger partial charge in [-0.1, -0.05) is 79.7 Å². The lowest BCUT2D eigenvalue weighted by Crippen LogP contribution is -2.67. The molecule has 2 aliphatic rings. The second kappa shape index (κ2) is 8.12. The highest BCUT2D eigenvalue weighted by Crippen LogP contribution is 2.48. The molecule has 0 spiro atoms. The summed E-state index contributed by atoms with van der Waals surface area (Å²) in [5.74, 6) is -0.0476. The molecule has 0 bridgehead atoms. The van der Waals surface area contributed by atoms with E-state index in [0.29, 0.717) is 13.1 Å². The molecule has 2 amide bonds. The Morgan fingerprint density at radius 3 is 2.37 bits per heavy atom. The van der Waals surface area contributed by atoms with Gasteiger partial charge in [-0.15, -0.1) is 0 Å². The number of aryl methyl sites for hydroxylation is 1. The van der Waals surface area contributed by atoms with Gasteiger partial charge in [0, 0.05) is 29.9 Å². The average Bonchev–Trinajstić information content (AvgIpc) is 3.29. The molecule has 0 saturated carbocycles. The van der Waals surface area contributed by atoms with Crippen molar-refractivity contribution in [2.24, 2.45) is 0 Å². The number of amides is 2. The summed E-state index contributed by atoms with van der Waals surface area (Å²) in [6, 6.07) is 26.8. The number of fused-ring (bicyclic) bond motifs is 5. The first-order chi connectivity index (χ1) is 17.0. The van der Waals surface area contributed by atoms with Gasteiger partial charge >= 0.3 is 0 Å². The minimum absolute atomic E-state index is 0.00226. The van der Waals surface area contributed by atoms with E-state index < -0.39 is 5.54 Å². The number of rotatable bonds is 4. The number of H-pyrrole nitrogens is 1. The molecule has 176 valence electrons. The molecule has 1 aromatic heterocycles. The van der Waals surface area contributed by atoms with E-state index in [4.69, 9.17) is 0 Å². The molecule has 1 fully saturated rings. The second-order valence-corrected chi connectivity index (χ2v) is 9.83. The summed E-state index contributed by atoms with van der Waals surface area (Å²) in [4.78, 5) is 34.8. The van der Waals surface area contributed by atoms with E-state index in [0.717, 1.165) is 34.1 Å². The van der Waals surface area contributed by atoms with Crippen LogP contribution >= 0.6 is 0 Å². The third-order valence-electron chi connectivity index (χ3n) is 7.82. The van der Waals surface area contributed by atoms with Crippen molar-refractivity contribution in [3.05, 3.63) is 107 Å². The van der Waals surface area contributed by atoms with Crippen LogP contribution in [0.4, 0.5) is 0 Å². The third kappa shape index (κ3) is 3.29. The van der Waals surface area contributed by atoms with Crippen LogP contribution in [0.3, 0.4) is 0 Å². The molecule has 0 radical (unpaired) electrons. The molecule has 6 rings (SSSR count). The van der Waals surface area contributed by atoms with Gasteiger partial charge in [-0.05, 0) is 41.7 Å². The average molecular weight is 464 g/mol. The molecule has 3 aromatic carbocycles. The lowest BCUT2D eigenvalue weighted by Gasteiger charge is -2.51. The first kappa shape index (κ1) is 21.7. The standard InChI is InChI=1S/C30H29N3O2/c1-3-20-13-15-22(16-14-20)24-18-33-26(34)19-32(17-21-9-5-4-6-10-21)29(35)30(33,2)28-27(24)23-11-7-8-12-25(23)31-28/h4-16,24,31H,3,17-19H2,1-2H3/t24?,30-/m0/s1. The van der Waals surface area contributed by atoms with Crippen molar-refractivity contribution in [3.63, 3.8) is 0 Å². The SMILES string of the molecule is CCc1ccc(C2CN3C(=O)CN(Cc4ccccc4)C(=O)[C@]3(C)c3[nH]c4ccccc4c32)cc1. The molecular weight excluding hydrogens is 434 g/mol. The normalized spacial score (nSPS) is 21.8. The summed E-state index contributed by atoms with van der Waals surface area (Å²) >= 11 is 0. The number of piperazine rings is 1. The van der Waals surface area contributed by atoms with Crippen LogP contribution in [-0.4, -0.2) is 39.7 Å². The Kier molecular flexibility index (Phi) is 5.03. The zero-order chi connectivity index (χ0) is 24.2.